The van der Waals surface area contributed by atoms with Gasteiger partial charge in [-0.1, -0.05) is 18.2 Å². The van der Waals surface area contributed by atoms with Gasteiger partial charge in [0, 0.05) is 32.4 Å². The van der Waals surface area contributed by atoms with E-state index in [4.69, 9.17) is 9.47 Å². The quantitative estimate of drug-likeness (QED) is 0.809. The highest BCUT2D eigenvalue weighted by molar-refractivity contribution is 6.00. The second-order valence-electron chi connectivity index (χ2n) is 5.92. The van der Waals surface area contributed by atoms with Crippen LogP contribution in [0.5, 0.6) is 0 Å². The van der Waals surface area contributed by atoms with Crippen LogP contribution in [0.2, 0.25) is 0 Å². The van der Waals surface area contributed by atoms with E-state index in [9.17, 15) is 9.59 Å². The molecule has 2 heterocycles. The smallest absolute Gasteiger partial charge is 0.254 e. The van der Waals surface area contributed by atoms with E-state index in [1.165, 1.54) is 0 Å². The van der Waals surface area contributed by atoms with E-state index in [2.05, 4.69) is 0 Å². The van der Waals surface area contributed by atoms with Gasteiger partial charge in [-0.05, 0) is 18.1 Å². The largest absolute Gasteiger partial charge is 0.385 e. The summed E-state index contributed by atoms with van der Waals surface area (Å²) in [5.74, 6) is -0.0776. The zero-order chi connectivity index (χ0) is 16.2. The van der Waals surface area contributed by atoms with Crippen LogP contribution in [0.1, 0.15) is 22.3 Å². The van der Waals surface area contributed by atoms with Crippen LogP contribution in [-0.4, -0.2) is 67.7 Å². The van der Waals surface area contributed by atoms with E-state index in [0.29, 0.717) is 38.5 Å². The Kier molecular flexibility index (Phi) is 4.93. The van der Waals surface area contributed by atoms with E-state index < -0.39 is 0 Å². The van der Waals surface area contributed by atoms with Gasteiger partial charge in [-0.2, -0.15) is 0 Å². The van der Waals surface area contributed by atoms with Crippen molar-refractivity contribution >= 4 is 11.8 Å². The number of nitrogens with zero attached hydrogens (tertiary/aromatic N) is 2. The fraction of sp³-hybridized carbons (Fsp3) is 0.529. The topological polar surface area (TPSA) is 59.1 Å². The molecule has 0 N–H and O–H groups in total. The monoisotopic (exact) mass is 318 g/mol. The lowest BCUT2D eigenvalue weighted by Crippen LogP contribution is -2.52. The second kappa shape index (κ2) is 7.10. The first-order chi connectivity index (χ1) is 11.2. The predicted molar refractivity (Wildman–Crippen MR) is 84.0 cm³/mol. The van der Waals surface area contributed by atoms with Crippen LogP contribution >= 0.6 is 0 Å². The molecule has 3 rings (SSSR count). The summed E-state index contributed by atoms with van der Waals surface area (Å²) in [6.45, 7) is 2.87. The SMILES string of the molecule is COCCC1COCCN1C(=O)CN1Cc2ccccc2C1=O. The zero-order valence-electron chi connectivity index (χ0n) is 13.4. The number of hydrogen-bond acceptors (Lipinski definition) is 4. The maximum Gasteiger partial charge on any atom is 0.254 e. The Hall–Kier alpha value is -1.92. The van der Waals surface area contributed by atoms with Crippen LogP contribution in [0.4, 0.5) is 0 Å². The molecule has 124 valence electrons. The molecule has 1 unspecified atom stereocenters. The molecule has 0 spiro atoms. The summed E-state index contributed by atoms with van der Waals surface area (Å²) in [6, 6.07) is 7.55. The molecular formula is C17H22N2O4. The molecule has 1 saturated heterocycles. The molecule has 6 nitrogen and oxygen atoms in total. The summed E-state index contributed by atoms with van der Waals surface area (Å²) in [5.41, 5.74) is 1.70. The lowest BCUT2D eigenvalue weighted by molar-refractivity contribution is -0.141. The number of carbonyl (C=O) groups excluding carboxylic acids is 2. The number of carbonyl (C=O) groups is 2. The van der Waals surface area contributed by atoms with E-state index in [1.54, 1.807) is 12.0 Å². The van der Waals surface area contributed by atoms with E-state index in [-0.39, 0.29) is 24.4 Å². The van der Waals surface area contributed by atoms with Crippen molar-refractivity contribution in [1.29, 1.82) is 0 Å². The third kappa shape index (κ3) is 3.38. The van der Waals surface area contributed by atoms with Crippen molar-refractivity contribution in [2.24, 2.45) is 0 Å². The van der Waals surface area contributed by atoms with Crippen molar-refractivity contribution in [3.8, 4) is 0 Å². The summed E-state index contributed by atoms with van der Waals surface area (Å²) in [4.78, 5) is 28.5. The van der Waals surface area contributed by atoms with Gasteiger partial charge >= 0.3 is 0 Å². The van der Waals surface area contributed by atoms with Gasteiger partial charge in [-0.15, -0.1) is 0 Å². The van der Waals surface area contributed by atoms with Gasteiger partial charge < -0.3 is 19.3 Å². The van der Waals surface area contributed by atoms with Crippen molar-refractivity contribution in [2.45, 2.75) is 19.0 Å². The molecule has 0 radical (unpaired) electrons. The second-order valence-corrected chi connectivity index (χ2v) is 5.92. The summed E-state index contributed by atoms with van der Waals surface area (Å²) in [6.07, 6.45) is 0.746. The maximum atomic E-state index is 12.7. The molecule has 0 saturated carbocycles. The molecule has 6 heteroatoms. The first-order valence-corrected chi connectivity index (χ1v) is 7.94. The Morgan fingerprint density at radius 2 is 2.22 bits per heavy atom. The molecule has 0 bridgehead atoms. The summed E-state index contributed by atoms with van der Waals surface area (Å²) in [7, 11) is 1.65. The highest BCUT2D eigenvalue weighted by atomic mass is 16.5. The molecule has 0 aliphatic carbocycles. The fourth-order valence-corrected chi connectivity index (χ4v) is 3.17. The average Bonchev–Trinajstić information content (AvgIpc) is 2.89. The van der Waals surface area contributed by atoms with Gasteiger partial charge in [-0.3, -0.25) is 9.59 Å². The number of benzene rings is 1. The molecule has 2 aliphatic rings. The minimum atomic E-state index is -0.0596. The van der Waals surface area contributed by atoms with Gasteiger partial charge in [0.05, 0.1) is 19.3 Å². The maximum absolute atomic E-state index is 12.7. The van der Waals surface area contributed by atoms with Gasteiger partial charge in [0.25, 0.3) is 5.91 Å². The number of morpholine rings is 1. The van der Waals surface area contributed by atoms with Gasteiger partial charge in [0.2, 0.25) is 5.91 Å². The number of fused-ring (bicyclic) bond motifs is 1. The first kappa shape index (κ1) is 16.0. The summed E-state index contributed by atoms with van der Waals surface area (Å²) >= 11 is 0. The van der Waals surface area contributed by atoms with E-state index in [0.717, 1.165) is 12.0 Å². The van der Waals surface area contributed by atoms with Crippen LogP contribution in [0.15, 0.2) is 24.3 Å². The van der Waals surface area contributed by atoms with Crippen LogP contribution in [0.25, 0.3) is 0 Å². The van der Waals surface area contributed by atoms with Crippen molar-refractivity contribution < 1.29 is 19.1 Å². The molecule has 1 aromatic carbocycles. The minimum absolute atomic E-state index is 0.0180. The average molecular weight is 318 g/mol. The van der Waals surface area contributed by atoms with Crippen LogP contribution in [0.3, 0.4) is 0 Å². The highest BCUT2D eigenvalue weighted by Crippen LogP contribution is 2.22. The van der Waals surface area contributed by atoms with Crippen LogP contribution in [-0.2, 0) is 20.8 Å². The number of hydrogen-bond donors (Lipinski definition) is 0. The summed E-state index contributed by atoms with van der Waals surface area (Å²) in [5, 5.41) is 0. The molecule has 23 heavy (non-hydrogen) atoms. The highest BCUT2D eigenvalue weighted by Gasteiger charge is 2.32. The zero-order valence-corrected chi connectivity index (χ0v) is 13.4. The lowest BCUT2D eigenvalue weighted by Gasteiger charge is -2.36. The predicted octanol–water partition coefficient (Wildman–Crippen LogP) is 0.906. The Bertz CT molecular complexity index is 590. The number of amides is 2. The molecule has 0 aromatic heterocycles. The van der Waals surface area contributed by atoms with Gasteiger partial charge in [0.15, 0.2) is 0 Å². The third-order valence-electron chi connectivity index (χ3n) is 4.43. The Labute approximate surface area is 136 Å². The molecule has 2 amide bonds. The number of methoxy groups -OCH3 is 1. The van der Waals surface area contributed by atoms with Crippen molar-refractivity contribution in [3.63, 3.8) is 0 Å². The van der Waals surface area contributed by atoms with E-state index in [1.807, 2.05) is 29.2 Å². The number of ether oxygens (including phenoxy) is 2. The standard InChI is InChI=1S/C17H22N2O4/c1-22-8-6-14-12-23-9-7-19(14)16(20)11-18-10-13-4-2-3-5-15(13)17(18)21/h2-5,14H,6-12H2,1H3. The molecule has 2 aliphatic heterocycles. The van der Waals surface area contributed by atoms with Crippen molar-refractivity contribution in [3.05, 3.63) is 35.4 Å². The first-order valence-electron chi connectivity index (χ1n) is 7.94. The number of rotatable bonds is 5. The van der Waals surface area contributed by atoms with Crippen LogP contribution < -0.4 is 0 Å². The van der Waals surface area contributed by atoms with E-state index >= 15 is 0 Å². The normalized spacial score (nSPS) is 20.7. The minimum Gasteiger partial charge on any atom is -0.385 e. The third-order valence-corrected chi connectivity index (χ3v) is 4.43. The molecular weight excluding hydrogens is 296 g/mol. The molecule has 1 aromatic rings. The van der Waals surface area contributed by atoms with Gasteiger partial charge in [0.1, 0.15) is 6.54 Å². The van der Waals surface area contributed by atoms with Crippen LogP contribution in [0, 0.1) is 0 Å². The lowest BCUT2D eigenvalue weighted by atomic mass is 10.1. The molecule has 1 fully saturated rings. The Morgan fingerprint density at radius 3 is 3.00 bits per heavy atom. The Balaban J connectivity index is 1.63. The van der Waals surface area contributed by atoms with Crippen molar-refractivity contribution in [2.75, 3.05) is 40.0 Å². The van der Waals surface area contributed by atoms with Gasteiger partial charge in [-0.25, -0.2) is 0 Å². The summed E-state index contributed by atoms with van der Waals surface area (Å²) < 4.78 is 10.6. The molecule has 1 atom stereocenters. The van der Waals surface area contributed by atoms with Crippen molar-refractivity contribution in [1.82, 2.24) is 9.80 Å². The fourth-order valence-electron chi connectivity index (χ4n) is 3.17. The Morgan fingerprint density at radius 1 is 1.39 bits per heavy atom.